The summed E-state index contributed by atoms with van der Waals surface area (Å²) in [6, 6.07) is 10.2. The van der Waals surface area contributed by atoms with Crippen molar-refractivity contribution in [2.75, 3.05) is 13.2 Å². The van der Waals surface area contributed by atoms with Crippen LogP contribution in [0.2, 0.25) is 0 Å². The van der Waals surface area contributed by atoms with Crippen molar-refractivity contribution in [3.05, 3.63) is 63.0 Å². The lowest BCUT2D eigenvalue weighted by molar-refractivity contribution is 0.0958. The van der Waals surface area contributed by atoms with E-state index in [-0.39, 0.29) is 24.6 Å². The molecule has 0 aliphatic rings. The lowest BCUT2D eigenvalue weighted by Gasteiger charge is -2.02. The Morgan fingerprint density at radius 2 is 2.14 bits per heavy atom. The molecule has 5 nitrogen and oxygen atoms in total. The van der Waals surface area contributed by atoms with E-state index in [0.29, 0.717) is 5.56 Å². The van der Waals surface area contributed by atoms with E-state index in [2.05, 4.69) is 38.1 Å². The monoisotopic (exact) mass is 360 g/mol. The zero-order valence-electron chi connectivity index (χ0n) is 11.6. The summed E-state index contributed by atoms with van der Waals surface area (Å²) in [4.78, 5) is 25.0. The third kappa shape index (κ3) is 5.11. The van der Waals surface area contributed by atoms with Gasteiger partial charge in [0.1, 0.15) is 12.4 Å². The molecule has 0 fully saturated rings. The lowest BCUT2D eigenvalue weighted by Crippen LogP contribution is -2.24. The van der Waals surface area contributed by atoms with Crippen molar-refractivity contribution in [3.63, 3.8) is 0 Å². The molecule has 0 unspecified atom stereocenters. The quantitative estimate of drug-likeness (QED) is 0.818. The van der Waals surface area contributed by atoms with Crippen molar-refractivity contribution >= 4 is 21.8 Å². The fourth-order valence-electron chi connectivity index (χ4n) is 1.57. The zero-order valence-corrected chi connectivity index (χ0v) is 13.1. The smallest absolute Gasteiger partial charge is 0.253 e. The molecule has 1 aromatic carbocycles. The van der Waals surface area contributed by atoms with Crippen LogP contribution >= 0.6 is 15.9 Å². The first-order valence-electron chi connectivity index (χ1n) is 6.46. The molecule has 0 spiro atoms. The molecule has 2 aromatic rings. The number of aromatic amines is 1. The van der Waals surface area contributed by atoms with Gasteiger partial charge in [-0.25, -0.2) is 0 Å². The number of carbonyl (C=O) groups is 1. The van der Waals surface area contributed by atoms with E-state index in [4.69, 9.17) is 4.74 Å². The van der Waals surface area contributed by atoms with E-state index < -0.39 is 0 Å². The number of hydrogen-bond acceptors (Lipinski definition) is 3. The van der Waals surface area contributed by atoms with Gasteiger partial charge in [0.05, 0.1) is 12.1 Å². The van der Waals surface area contributed by atoms with Gasteiger partial charge in [-0.2, -0.15) is 0 Å². The number of pyridine rings is 1. The fraction of sp³-hybridized carbons (Fsp3) is 0.125. The number of amides is 1. The van der Waals surface area contributed by atoms with Crippen LogP contribution in [0.1, 0.15) is 10.4 Å². The normalized spacial score (nSPS) is 9.50. The number of H-pyrrole nitrogens is 1. The number of aromatic nitrogens is 1. The van der Waals surface area contributed by atoms with Gasteiger partial charge in [-0.3, -0.25) is 9.59 Å². The Bertz CT molecular complexity index is 754. The van der Waals surface area contributed by atoms with Crippen molar-refractivity contribution in [2.24, 2.45) is 0 Å². The highest BCUT2D eigenvalue weighted by Crippen LogP contribution is 2.17. The maximum atomic E-state index is 11.7. The molecule has 0 saturated heterocycles. The van der Waals surface area contributed by atoms with Crippen molar-refractivity contribution in [2.45, 2.75) is 0 Å². The summed E-state index contributed by atoms with van der Waals surface area (Å²) in [5, 5.41) is 2.63. The van der Waals surface area contributed by atoms with E-state index >= 15 is 0 Å². The fourth-order valence-corrected chi connectivity index (χ4v) is 1.95. The summed E-state index contributed by atoms with van der Waals surface area (Å²) in [6.07, 6.45) is 1.36. The third-order valence-electron chi connectivity index (χ3n) is 2.62. The number of ether oxygens (including phenoxy) is 1. The number of halogens is 1. The molecular weight excluding hydrogens is 348 g/mol. The molecule has 2 rings (SSSR count). The minimum Gasteiger partial charge on any atom is -0.481 e. The van der Waals surface area contributed by atoms with Gasteiger partial charge in [0.15, 0.2) is 0 Å². The van der Waals surface area contributed by atoms with Crippen LogP contribution in [0.15, 0.2) is 51.9 Å². The zero-order chi connectivity index (χ0) is 15.8. The minimum atomic E-state index is -0.293. The van der Waals surface area contributed by atoms with Crippen LogP contribution in [0.5, 0.6) is 5.75 Å². The molecule has 0 bridgehead atoms. The summed E-state index contributed by atoms with van der Waals surface area (Å²) < 4.78 is 6.37. The van der Waals surface area contributed by atoms with Crippen LogP contribution < -0.4 is 15.6 Å². The number of benzene rings is 1. The predicted octanol–water partition coefficient (Wildman–Crippen LogP) is 1.95. The Morgan fingerprint density at radius 1 is 1.27 bits per heavy atom. The molecule has 2 N–H and O–H groups in total. The van der Waals surface area contributed by atoms with Crippen molar-refractivity contribution in [3.8, 4) is 17.6 Å². The van der Waals surface area contributed by atoms with Gasteiger partial charge in [0.2, 0.25) is 5.56 Å². The molecule has 0 saturated carbocycles. The first-order valence-corrected chi connectivity index (χ1v) is 7.25. The van der Waals surface area contributed by atoms with Gasteiger partial charge in [0, 0.05) is 16.7 Å². The SMILES string of the molecule is O=C(NCC#CCOc1cccc(Br)c1)c1ccc(=O)[nH]c1. The van der Waals surface area contributed by atoms with Crippen molar-refractivity contribution in [1.82, 2.24) is 10.3 Å². The molecule has 6 heteroatoms. The van der Waals surface area contributed by atoms with E-state index in [1.54, 1.807) is 0 Å². The molecule has 0 aliphatic carbocycles. The molecule has 1 amide bonds. The number of carbonyl (C=O) groups excluding carboxylic acids is 1. The van der Waals surface area contributed by atoms with Crippen LogP contribution in [0.4, 0.5) is 0 Å². The molecule has 1 aromatic heterocycles. The highest BCUT2D eigenvalue weighted by atomic mass is 79.9. The number of hydrogen-bond donors (Lipinski definition) is 2. The third-order valence-corrected chi connectivity index (χ3v) is 3.11. The molecule has 0 aliphatic heterocycles. The average Bonchev–Trinajstić information content (AvgIpc) is 2.51. The Morgan fingerprint density at radius 3 is 2.86 bits per heavy atom. The first-order chi connectivity index (χ1) is 10.6. The van der Waals surface area contributed by atoms with Crippen LogP contribution in [0, 0.1) is 11.8 Å². The van der Waals surface area contributed by atoms with Crippen LogP contribution in [-0.4, -0.2) is 24.0 Å². The summed E-state index contributed by atoms with van der Waals surface area (Å²) in [5.74, 6) is 6.03. The second-order valence-electron chi connectivity index (χ2n) is 4.22. The Labute approximate surface area is 135 Å². The average molecular weight is 361 g/mol. The largest absolute Gasteiger partial charge is 0.481 e. The van der Waals surface area contributed by atoms with E-state index in [1.807, 2.05) is 24.3 Å². The topological polar surface area (TPSA) is 71.2 Å². The Balaban J connectivity index is 1.74. The maximum Gasteiger partial charge on any atom is 0.253 e. The van der Waals surface area contributed by atoms with E-state index in [1.165, 1.54) is 18.3 Å². The summed E-state index contributed by atoms with van der Waals surface area (Å²) >= 11 is 3.35. The summed E-state index contributed by atoms with van der Waals surface area (Å²) in [6.45, 7) is 0.449. The second kappa shape index (κ2) is 8.05. The van der Waals surface area contributed by atoms with Crippen LogP contribution in [-0.2, 0) is 0 Å². The molecule has 0 atom stereocenters. The molecule has 22 heavy (non-hydrogen) atoms. The van der Waals surface area contributed by atoms with E-state index in [0.717, 1.165) is 10.2 Å². The molecular formula is C16H13BrN2O3. The molecule has 1 heterocycles. The Hall–Kier alpha value is -2.52. The molecule has 112 valence electrons. The van der Waals surface area contributed by atoms with Gasteiger partial charge in [0.25, 0.3) is 5.91 Å². The highest BCUT2D eigenvalue weighted by molar-refractivity contribution is 9.10. The predicted molar refractivity (Wildman–Crippen MR) is 86.8 cm³/mol. The number of rotatable bonds is 4. The molecule has 0 radical (unpaired) electrons. The highest BCUT2D eigenvalue weighted by Gasteiger charge is 2.02. The summed E-state index contributed by atoms with van der Waals surface area (Å²) in [5.41, 5.74) is 0.132. The first kappa shape index (κ1) is 15.9. The minimum absolute atomic E-state index is 0.208. The van der Waals surface area contributed by atoms with Gasteiger partial charge < -0.3 is 15.0 Å². The Kier molecular flexibility index (Phi) is 5.81. The standard InChI is InChI=1S/C16H13BrN2O3/c17-13-4-3-5-14(10-13)22-9-2-1-8-18-16(21)12-6-7-15(20)19-11-12/h3-7,10-11H,8-9H2,(H,18,21)(H,19,20). The second-order valence-corrected chi connectivity index (χ2v) is 5.14. The van der Waals surface area contributed by atoms with E-state index in [9.17, 15) is 9.59 Å². The maximum absolute atomic E-state index is 11.7. The van der Waals surface area contributed by atoms with Crippen molar-refractivity contribution < 1.29 is 9.53 Å². The van der Waals surface area contributed by atoms with Gasteiger partial charge in [-0.15, -0.1) is 0 Å². The van der Waals surface area contributed by atoms with Gasteiger partial charge in [-0.1, -0.05) is 33.8 Å². The lowest BCUT2D eigenvalue weighted by atomic mass is 10.3. The summed E-state index contributed by atoms with van der Waals surface area (Å²) in [7, 11) is 0. The van der Waals surface area contributed by atoms with Crippen molar-refractivity contribution in [1.29, 1.82) is 0 Å². The van der Waals surface area contributed by atoms with Crippen LogP contribution in [0.3, 0.4) is 0 Å². The van der Waals surface area contributed by atoms with Gasteiger partial charge in [-0.05, 0) is 24.3 Å². The number of nitrogens with one attached hydrogen (secondary N) is 2. The van der Waals surface area contributed by atoms with Crippen LogP contribution in [0.25, 0.3) is 0 Å². The van der Waals surface area contributed by atoms with Gasteiger partial charge >= 0.3 is 0 Å².